The first-order valence-electron chi connectivity index (χ1n) is 25.4. The Hall–Kier alpha value is -4.22. The summed E-state index contributed by atoms with van der Waals surface area (Å²) >= 11 is 0. The van der Waals surface area contributed by atoms with Gasteiger partial charge in [0, 0.05) is 49.5 Å². The Morgan fingerprint density at radius 2 is 0.703 bits per heavy atom. The fourth-order valence-corrected chi connectivity index (χ4v) is 7.74. The van der Waals surface area contributed by atoms with Crippen molar-refractivity contribution in [3.63, 3.8) is 0 Å². The van der Waals surface area contributed by atoms with Crippen molar-refractivity contribution in [1.82, 2.24) is 19.1 Å². The summed E-state index contributed by atoms with van der Waals surface area (Å²) in [6.45, 7) is 5.44. The summed E-state index contributed by atoms with van der Waals surface area (Å²) < 4.78 is 13.8. The van der Waals surface area contributed by atoms with Gasteiger partial charge in [0.25, 0.3) is 11.1 Å². The summed E-state index contributed by atoms with van der Waals surface area (Å²) in [4.78, 5) is 75.2. The largest absolute Gasteiger partial charge is 0.466 e. The van der Waals surface area contributed by atoms with Crippen LogP contribution in [-0.4, -0.2) is 44.3 Å². The van der Waals surface area contributed by atoms with Crippen molar-refractivity contribution < 1.29 is 19.1 Å². The van der Waals surface area contributed by atoms with E-state index in [2.05, 4.69) is 34.3 Å². The van der Waals surface area contributed by atoms with Crippen LogP contribution in [0.25, 0.3) is 0 Å². The lowest BCUT2D eigenvalue weighted by atomic mass is 10.1. The lowest BCUT2D eigenvalue weighted by Gasteiger charge is -2.07. The van der Waals surface area contributed by atoms with Crippen LogP contribution < -0.4 is 22.5 Å². The Bertz CT molecular complexity index is 1690. The maximum atomic E-state index is 12.0. The van der Waals surface area contributed by atoms with E-state index in [4.69, 9.17) is 9.47 Å². The number of carbonyl (C=O) groups excluding carboxylic acids is 2. The molecule has 0 unspecified atom stereocenters. The number of rotatable bonds is 41. The number of unbranched alkanes of at least 4 members (excludes halogenated alkanes) is 25. The number of H-pyrrole nitrogens is 2. The molecule has 2 aromatic heterocycles. The quantitative estimate of drug-likeness (QED) is 0.0379. The number of ether oxygens (including phenoxy) is 2. The summed E-state index contributed by atoms with van der Waals surface area (Å²) in [6.07, 6.45) is 47.6. The molecule has 362 valence electrons. The number of nitrogens with zero attached hydrogens (tertiary/aromatic N) is 2. The average Bonchev–Trinajstić information content (AvgIpc) is 3.27. The zero-order valence-electron chi connectivity index (χ0n) is 40.1. The highest BCUT2D eigenvalue weighted by Gasteiger charge is 2.06. The Labute approximate surface area is 384 Å². The van der Waals surface area contributed by atoms with Crippen molar-refractivity contribution in [3.05, 3.63) is 89.5 Å². The van der Waals surface area contributed by atoms with Crippen LogP contribution in [-0.2, 0) is 32.2 Å². The minimum absolute atomic E-state index is 0.138. The molecule has 0 amide bonds. The van der Waals surface area contributed by atoms with Gasteiger partial charge in [0.15, 0.2) is 0 Å². The molecule has 64 heavy (non-hydrogen) atoms. The van der Waals surface area contributed by atoms with E-state index in [0.29, 0.717) is 50.3 Å². The molecule has 0 saturated heterocycles. The van der Waals surface area contributed by atoms with Crippen LogP contribution in [0.4, 0.5) is 0 Å². The molecule has 0 bridgehead atoms. The molecule has 0 atom stereocenters. The van der Waals surface area contributed by atoms with Gasteiger partial charge in [0.1, 0.15) is 0 Å². The zero-order valence-corrected chi connectivity index (χ0v) is 40.1. The number of allylic oxidation sites excluding steroid dienone is 4. The summed E-state index contributed by atoms with van der Waals surface area (Å²) in [5.41, 5.74) is -0.418. The number of carbonyl (C=O) groups is 2. The van der Waals surface area contributed by atoms with Crippen molar-refractivity contribution in [1.29, 1.82) is 0 Å². The van der Waals surface area contributed by atoms with Crippen LogP contribution >= 0.6 is 0 Å². The Morgan fingerprint density at radius 1 is 0.422 bits per heavy atom. The van der Waals surface area contributed by atoms with Crippen molar-refractivity contribution in [3.8, 4) is 0 Å². The second-order valence-corrected chi connectivity index (χ2v) is 17.8. The number of nitrogens with one attached hydrogen (secondary N) is 2. The molecule has 0 aromatic carbocycles. The predicted molar refractivity (Wildman–Crippen MR) is 260 cm³/mol. The number of hydrogen-bond acceptors (Lipinski definition) is 8. The summed E-state index contributed by atoms with van der Waals surface area (Å²) in [5, 5.41) is 0. The first kappa shape index (κ1) is 55.9. The van der Waals surface area contributed by atoms with E-state index in [9.17, 15) is 28.8 Å². The van der Waals surface area contributed by atoms with Crippen molar-refractivity contribution in [2.75, 3.05) is 13.2 Å². The Morgan fingerprint density at radius 3 is 1.03 bits per heavy atom. The monoisotopic (exact) mass is 895 g/mol. The minimum Gasteiger partial charge on any atom is -0.466 e. The molecule has 0 saturated carbocycles. The molecule has 0 aliphatic carbocycles. The first-order chi connectivity index (χ1) is 31.2. The van der Waals surface area contributed by atoms with E-state index in [1.807, 2.05) is 0 Å². The van der Waals surface area contributed by atoms with Gasteiger partial charge < -0.3 is 18.6 Å². The summed E-state index contributed by atoms with van der Waals surface area (Å²) in [7, 11) is 0. The van der Waals surface area contributed by atoms with Crippen LogP contribution in [0.1, 0.15) is 217 Å². The van der Waals surface area contributed by atoms with Crippen molar-refractivity contribution in [2.24, 2.45) is 0 Å². The zero-order chi connectivity index (χ0) is 46.3. The van der Waals surface area contributed by atoms with Crippen LogP contribution in [0.15, 0.2) is 55.9 Å². The molecular weight excluding hydrogens is 809 g/mol. The number of aromatic nitrogens is 4. The van der Waals surface area contributed by atoms with E-state index in [1.165, 1.54) is 138 Å². The highest BCUT2D eigenvalue weighted by atomic mass is 16.5. The topological polar surface area (TPSA) is 162 Å². The van der Waals surface area contributed by atoms with Gasteiger partial charge in [0.2, 0.25) is 0 Å². The van der Waals surface area contributed by atoms with Gasteiger partial charge in [-0.15, -0.1) is 0 Å². The van der Waals surface area contributed by atoms with Gasteiger partial charge in [0.05, 0.1) is 13.2 Å². The van der Waals surface area contributed by atoms with Gasteiger partial charge in [-0.25, -0.2) is 9.59 Å². The SMILES string of the molecule is Cc1cn(CCCCCC(=O)OCCCCCCCCCC/C=C/CCCCCC/C=C/CCCCCCCCCCOC(=O)CCCCCn2cc(C)c(=O)[nH]c2=O)c(=O)[nH]c1=O. The maximum Gasteiger partial charge on any atom is 0.328 e. The van der Waals surface area contributed by atoms with Gasteiger partial charge >= 0.3 is 23.3 Å². The van der Waals surface area contributed by atoms with Gasteiger partial charge in [-0.3, -0.25) is 29.1 Å². The molecule has 0 aliphatic rings. The first-order valence-corrected chi connectivity index (χ1v) is 25.4. The average molecular weight is 895 g/mol. The standard InChI is InChI=1S/C52H86N4O8/c1-45-43-55(51(61)53-49(45)59)39-33-29-31-37-47(57)63-41-35-27-25-23-21-19-17-15-13-11-9-7-5-3-4-6-8-10-12-14-16-18-20-22-24-26-28-36-42-64-48(58)38-32-30-34-40-56-44-46(2)50(60)54-52(56)62/h9-12,43-44H,3-8,13-42H2,1-2H3,(H,53,59,61)(H,54,60,62)/b11-9+,12-10+. The molecule has 2 heterocycles. The van der Waals surface area contributed by atoms with Crippen LogP contribution in [0.5, 0.6) is 0 Å². The molecule has 12 nitrogen and oxygen atoms in total. The van der Waals surface area contributed by atoms with Gasteiger partial charge in [-0.2, -0.15) is 0 Å². The highest BCUT2D eigenvalue weighted by molar-refractivity contribution is 5.69. The normalized spacial score (nSPS) is 11.6. The van der Waals surface area contributed by atoms with Crippen molar-refractivity contribution >= 4 is 11.9 Å². The molecule has 0 fully saturated rings. The van der Waals surface area contributed by atoms with Gasteiger partial charge in [-0.05, 0) is 104 Å². The summed E-state index contributed by atoms with van der Waals surface area (Å²) in [5.74, 6) is -0.276. The Kier molecular flexibility index (Phi) is 33.3. The highest BCUT2D eigenvalue weighted by Crippen LogP contribution is 2.14. The number of esters is 2. The van der Waals surface area contributed by atoms with Crippen molar-refractivity contribution in [2.45, 2.75) is 232 Å². The van der Waals surface area contributed by atoms with E-state index < -0.39 is 0 Å². The molecule has 2 rings (SSSR count). The molecule has 2 N–H and O–H groups in total. The summed E-state index contributed by atoms with van der Waals surface area (Å²) in [6, 6.07) is 0. The lowest BCUT2D eigenvalue weighted by molar-refractivity contribution is -0.144. The second kappa shape index (κ2) is 38.1. The third-order valence-electron chi connectivity index (χ3n) is 11.8. The molecule has 0 aliphatic heterocycles. The lowest BCUT2D eigenvalue weighted by Crippen LogP contribution is -2.30. The molecule has 0 spiro atoms. The van der Waals surface area contributed by atoms with Crippen LogP contribution in [0.3, 0.4) is 0 Å². The third kappa shape index (κ3) is 30.0. The van der Waals surface area contributed by atoms with E-state index in [0.717, 1.165) is 64.2 Å². The van der Waals surface area contributed by atoms with E-state index in [-0.39, 0.29) is 34.4 Å². The molecule has 2 aromatic rings. The molecule has 0 radical (unpaired) electrons. The van der Waals surface area contributed by atoms with Gasteiger partial charge in [-0.1, -0.05) is 127 Å². The smallest absolute Gasteiger partial charge is 0.328 e. The number of hydrogen-bond donors (Lipinski definition) is 2. The second-order valence-electron chi connectivity index (χ2n) is 17.8. The fourth-order valence-electron chi connectivity index (χ4n) is 7.74. The predicted octanol–water partition coefficient (Wildman–Crippen LogP) is 11.4. The van der Waals surface area contributed by atoms with E-state index in [1.54, 1.807) is 26.2 Å². The maximum absolute atomic E-state index is 12.0. The van der Waals surface area contributed by atoms with Crippen LogP contribution in [0.2, 0.25) is 0 Å². The third-order valence-corrected chi connectivity index (χ3v) is 11.8. The minimum atomic E-state index is -0.386. The number of aromatic amines is 2. The van der Waals surface area contributed by atoms with Crippen LogP contribution in [0, 0.1) is 13.8 Å². The molecular formula is C52H86N4O8. The fraction of sp³-hybridized carbons (Fsp3) is 0.731. The molecule has 12 heteroatoms. The number of aryl methyl sites for hydroxylation is 4. The van der Waals surface area contributed by atoms with E-state index >= 15 is 0 Å². The Balaban J connectivity index is 1.21.